The molecular formula is C35H43N7O6. The van der Waals surface area contributed by atoms with Crippen LogP contribution in [0.25, 0.3) is 22.5 Å². The molecule has 1 aliphatic heterocycles. The van der Waals surface area contributed by atoms with Crippen LogP contribution in [0.1, 0.15) is 60.4 Å². The second-order valence-electron chi connectivity index (χ2n) is 14.5. The summed E-state index contributed by atoms with van der Waals surface area (Å²) in [7, 11) is 0. The molecule has 0 bridgehead atoms. The number of aromatic nitrogens is 4. The highest BCUT2D eigenvalue weighted by Crippen LogP contribution is 2.45. The molecule has 3 aromatic rings. The number of likely N-dealkylation sites (tertiary alicyclic amines) is 1. The molecule has 2 aliphatic rings. The molecule has 2 aromatic carbocycles. The summed E-state index contributed by atoms with van der Waals surface area (Å²) in [5, 5.41) is 28.6. The first-order chi connectivity index (χ1) is 22.5. The van der Waals surface area contributed by atoms with E-state index in [4.69, 9.17) is 4.74 Å². The molecule has 3 N–H and O–H groups in total. The summed E-state index contributed by atoms with van der Waals surface area (Å²) < 4.78 is 5.44. The average molecular weight is 658 g/mol. The SMILES string of the molecule is C=CC1CC1(NC(=O)C1CC(n2nnc(-c3cccc(-c4ccccc4)c3)n2)CN1C(=O)C(NC(=O)OC(C)(C)C)C(C)(C)C)C(=O)O. The Morgan fingerprint density at radius 1 is 1.02 bits per heavy atom. The second-order valence-corrected chi connectivity index (χ2v) is 14.5. The van der Waals surface area contributed by atoms with Crippen molar-refractivity contribution in [2.75, 3.05) is 6.54 Å². The smallest absolute Gasteiger partial charge is 0.408 e. The van der Waals surface area contributed by atoms with Crippen LogP contribution < -0.4 is 10.6 Å². The Kier molecular flexibility index (Phi) is 9.18. The fraction of sp³-hybridized carbons (Fsp3) is 0.457. The van der Waals surface area contributed by atoms with E-state index in [2.05, 4.69) is 32.6 Å². The summed E-state index contributed by atoms with van der Waals surface area (Å²) in [5.74, 6) is -2.39. The number of rotatable bonds is 9. The molecule has 1 aliphatic carbocycles. The van der Waals surface area contributed by atoms with E-state index >= 15 is 0 Å². The van der Waals surface area contributed by atoms with Gasteiger partial charge in [-0.05, 0) is 55.0 Å². The number of carbonyl (C=O) groups is 4. The summed E-state index contributed by atoms with van der Waals surface area (Å²) in [6, 6.07) is 14.9. The molecule has 2 fully saturated rings. The maximum atomic E-state index is 14.3. The minimum Gasteiger partial charge on any atom is -0.479 e. The van der Waals surface area contributed by atoms with Gasteiger partial charge in [-0.3, -0.25) is 9.59 Å². The van der Waals surface area contributed by atoms with Crippen LogP contribution in [0.2, 0.25) is 0 Å². The fourth-order valence-corrected chi connectivity index (χ4v) is 6.00. The zero-order valence-corrected chi connectivity index (χ0v) is 28.1. The zero-order chi connectivity index (χ0) is 35.0. The predicted molar refractivity (Wildman–Crippen MR) is 177 cm³/mol. The monoisotopic (exact) mass is 657 g/mol. The molecule has 2 heterocycles. The predicted octanol–water partition coefficient (Wildman–Crippen LogP) is 4.23. The molecule has 1 saturated heterocycles. The van der Waals surface area contributed by atoms with Gasteiger partial charge in [-0.1, -0.05) is 75.4 Å². The average Bonchev–Trinajstić information content (AvgIpc) is 3.32. The molecule has 5 unspecified atom stereocenters. The van der Waals surface area contributed by atoms with Crippen LogP contribution in [0, 0.1) is 11.3 Å². The van der Waals surface area contributed by atoms with Crippen molar-refractivity contribution in [3.05, 3.63) is 67.3 Å². The van der Waals surface area contributed by atoms with Crippen LogP contribution >= 0.6 is 0 Å². The van der Waals surface area contributed by atoms with E-state index in [0.29, 0.717) is 5.82 Å². The number of carbonyl (C=O) groups excluding carboxylic acids is 3. The number of hydrogen-bond donors (Lipinski definition) is 3. The molecule has 0 radical (unpaired) electrons. The normalized spacial score (nSPS) is 22.8. The Hall–Kier alpha value is -5.07. The number of nitrogens with zero attached hydrogens (tertiary/aromatic N) is 5. The van der Waals surface area contributed by atoms with Crippen molar-refractivity contribution in [3.8, 4) is 22.5 Å². The third-order valence-electron chi connectivity index (χ3n) is 8.65. The number of amides is 3. The largest absolute Gasteiger partial charge is 0.479 e. The molecule has 5 atom stereocenters. The first-order valence-corrected chi connectivity index (χ1v) is 16.0. The van der Waals surface area contributed by atoms with Crippen molar-refractivity contribution in [1.82, 2.24) is 35.7 Å². The number of aliphatic carboxylic acids is 1. The van der Waals surface area contributed by atoms with E-state index in [0.717, 1.165) is 16.7 Å². The number of ether oxygens (including phenoxy) is 1. The van der Waals surface area contributed by atoms with E-state index < -0.39 is 64.5 Å². The van der Waals surface area contributed by atoms with Crippen molar-refractivity contribution >= 4 is 23.9 Å². The minimum absolute atomic E-state index is 0.0182. The highest BCUT2D eigenvalue weighted by molar-refractivity contribution is 5.96. The first-order valence-electron chi connectivity index (χ1n) is 16.0. The number of carboxylic acid groups (broad SMARTS) is 1. The van der Waals surface area contributed by atoms with Gasteiger partial charge in [-0.25, -0.2) is 9.59 Å². The van der Waals surface area contributed by atoms with Crippen LogP contribution in [-0.4, -0.2) is 83.9 Å². The third-order valence-corrected chi connectivity index (χ3v) is 8.65. The van der Waals surface area contributed by atoms with Gasteiger partial charge in [0.25, 0.3) is 0 Å². The number of nitrogens with one attached hydrogen (secondary N) is 2. The van der Waals surface area contributed by atoms with E-state index in [1.54, 1.807) is 41.5 Å². The molecule has 13 nitrogen and oxygen atoms in total. The summed E-state index contributed by atoms with van der Waals surface area (Å²) >= 11 is 0. The van der Waals surface area contributed by atoms with Crippen LogP contribution in [0.3, 0.4) is 0 Å². The van der Waals surface area contributed by atoms with Crippen LogP contribution in [0.4, 0.5) is 4.79 Å². The lowest BCUT2D eigenvalue weighted by Crippen LogP contribution is -2.59. The highest BCUT2D eigenvalue weighted by atomic mass is 16.6. The summed E-state index contributed by atoms with van der Waals surface area (Å²) in [6.07, 6.45) is 1.02. The van der Waals surface area contributed by atoms with Crippen molar-refractivity contribution in [3.63, 3.8) is 0 Å². The fourth-order valence-electron chi connectivity index (χ4n) is 6.00. The minimum atomic E-state index is -1.49. The number of carboxylic acids is 1. The third kappa shape index (κ3) is 7.24. The van der Waals surface area contributed by atoms with Gasteiger partial charge in [-0.15, -0.1) is 16.8 Å². The molecular weight excluding hydrogens is 614 g/mol. The Morgan fingerprint density at radius 3 is 2.29 bits per heavy atom. The van der Waals surface area contributed by atoms with Crippen molar-refractivity contribution in [1.29, 1.82) is 0 Å². The van der Waals surface area contributed by atoms with Crippen LogP contribution in [0.5, 0.6) is 0 Å². The second kappa shape index (κ2) is 12.9. The van der Waals surface area contributed by atoms with Gasteiger partial charge in [0.2, 0.25) is 17.6 Å². The summed E-state index contributed by atoms with van der Waals surface area (Å²) in [6.45, 7) is 14.3. The molecule has 0 spiro atoms. The Labute approximate surface area is 279 Å². The van der Waals surface area contributed by atoms with Gasteiger partial charge in [0.15, 0.2) is 0 Å². The van der Waals surface area contributed by atoms with E-state index in [1.165, 1.54) is 15.8 Å². The maximum Gasteiger partial charge on any atom is 0.408 e. The molecule has 13 heteroatoms. The maximum absolute atomic E-state index is 14.3. The van der Waals surface area contributed by atoms with Gasteiger partial charge in [0.1, 0.15) is 23.2 Å². The standard InChI is InChI=1S/C35H43N7O6/c1-8-24-19-35(24,31(45)46)37-29(43)26-18-25(20-41(26)30(44)27(33(2,3)4)36-32(47)48-34(5,6)7)42-39-28(38-40-42)23-16-12-15-22(17-23)21-13-10-9-11-14-21/h8-17,24-27H,1,18-20H2,2-7H3,(H,36,47)(H,37,43)(H,45,46). The number of benzene rings is 2. The number of tetrazole rings is 1. The summed E-state index contributed by atoms with van der Waals surface area (Å²) in [5.41, 5.74) is -0.314. The molecule has 3 amide bonds. The molecule has 254 valence electrons. The lowest BCUT2D eigenvalue weighted by Gasteiger charge is -2.36. The Bertz CT molecular complexity index is 1710. The van der Waals surface area contributed by atoms with Gasteiger partial charge in [-0.2, -0.15) is 4.80 Å². The highest BCUT2D eigenvalue weighted by Gasteiger charge is 2.61. The molecule has 48 heavy (non-hydrogen) atoms. The van der Waals surface area contributed by atoms with E-state index in [-0.39, 0.29) is 19.4 Å². The first kappa shape index (κ1) is 34.3. The quantitative estimate of drug-likeness (QED) is 0.285. The zero-order valence-electron chi connectivity index (χ0n) is 28.1. The number of alkyl carbamates (subject to hydrolysis) is 1. The van der Waals surface area contributed by atoms with Gasteiger partial charge in [0, 0.05) is 24.4 Å². The molecule has 5 rings (SSSR count). The van der Waals surface area contributed by atoms with Crippen molar-refractivity contribution < 1.29 is 29.0 Å². The van der Waals surface area contributed by atoms with Crippen LogP contribution in [0.15, 0.2) is 67.3 Å². The Balaban J connectivity index is 1.44. The van der Waals surface area contributed by atoms with Gasteiger partial charge >= 0.3 is 12.1 Å². The lowest BCUT2D eigenvalue weighted by molar-refractivity contribution is -0.146. The lowest BCUT2D eigenvalue weighted by atomic mass is 9.85. The van der Waals surface area contributed by atoms with Crippen LogP contribution in [-0.2, 0) is 19.1 Å². The van der Waals surface area contributed by atoms with Crippen molar-refractivity contribution in [2.24, 2.45) is 11.3 Å². The summed E-state index contributed by atoms with van der Waals surface area (Å²) in [4.78, 5) is 55.9. The number of hydrogen-bond acceptors (Lipinski definition) is 8. The van der Waals surface area contributed by atoms with E-state index in [1.807, 2.05) is 54.6 Å². The topological polar surface area (TPSA) is 169 Å². The van der Waals surface area contributed by atoms with Gasteiger partial charge < -0.3 is 25.4 Å². The van der Waals surface area contributed by atoms with Crippen molar-refractivity contribution in [2.45, 2.75) is 83.6 Å². The van der Waals surface area contributed by atoms with Gasteiger partial charge in [0.05, 0.1) is 6.04 Å². The molecule has 1 saturated carbocycles. The molecule has 1 aromatic heterocycles. The van der Waals surface area contributed by atoms with E-state index in [9.17, 15) is 24.3 Å². The Morgan fingerprint density at radius 2 is 1.69 bits per heavy atom.